The van der Waals surface area contributed by atoms with Crippen LogP contribution in [0.1, 0.15) is 5.69 Å². The molecule has 2 rings (SSSR count). The third kappa shape index (κ3) is 2.97. The van der Waals surface area contributed by atoms with Crippen LogP contribution < -0.4 is 5.32 Å². The lowest BCUT2D eigenvalue weighted by atomic mass is 10.2. The van der Waals surface area contributed by atoms with Crippen molar-refractivity contribution in [3.63, 3.8) is 0 Å². The predicted octanol–water partition coefficient (Wildman–Crippen LogP) is 2.14. The van der Waals surface area contributed by atoms with Gasteiger partial charge in [0.2, 0.25) is 0 Å². The largest absolute Gasteiger partial charge is 0.379 e. The van der Waals surface area contributed by atoms with Gasteiger partial charge in [0.25, 0.3) is 5.69 Å². The number of non-ortho nitro benzene ring substituents is 1. The van der Waals surface area contributed by atoms with Crippen LogP contribution in [-0.2, 0) is 6.54 Å². The number of hydrogen-bond donors (Lipinski definition) is 1. The molecule has 1 heterocycles. The number of benzene rings is 1. The van der Waals surface area contributed by atoms with Crippen molar-refractivity contribution < 1.29 is 9.31 Å². The fraction of sp³-hybridized carbons (Fsp3) is 0.0909. The molecule has 0 spiro atoms. The molecule has 0 aliphatic rings. The summed E-state index contributed by atoms with van der Waals surface area (Å²) in [6, 6.07) is 6.78. The quantitative estimate of drug-likeness (QED) is 0.662. The number of nitro groups is 1. The molecule has 0 unspecified atom stereocenters. The van der Waals surface area contributed by atoms with Gasteiger partial charge in [-0.25, -0.2) is 4.39 Å². The average Bonchev–Trinajstić information content (AvgIpc) is 2.37. The first-order chi connectivity index (χ1) is 8.65. The van der Waals surface area contributed by atoms with Crippen LogP contribution in [0.3, 0.4) is 0 Å². The second-order valence-electron chi connectivity index (χ2n) is 3.52. The number of nitro benzene ring substituents is 1. The van der Waals surface area contributed by atoms with Gasteiger partial charge in [-0.1, -0.05) is 0 Å². The number of anilines is 1. The summed E-state index contributed by atoms with van der Waals surface area (Å²) in [4.78, 5) is 9.93. The molecule has 0 saturated carbocycles. The highest BCUT2D eigenvalue weighted by atomic mass is 19.1. The van der Waals surface area contributed by atoms with Gasteiger partial charge in [-0.05, 0) is 18.2 Å². The van der Waals surface area contributed by atoms with E-state index in [0.29, 0.717) is 17.9 Å². The van der Waals surface area contributed by atoms with Crippen molar-refractivity contribution in [1.29, 1.82) is 0 Å². The Kier molecular flexibility index (Phi) is 3.42. The van der Waals surface area contributed by atoms with E-state index in [4.69, 9.17) is 0 Å². The number of nitrogens with zero attached hydrogens (tertiary/aromatic N) is 3. The Hall–Kier alpha value is -2.57. The first-order valence-electron chi connectivity index (χ1n) is 5.10. The van der Waals surface area contributed by atoms with Gasteiger partial charge in [0.1, 0.15) is 5.82 Å². The standard InChI is InChI=1S/C11H9FN4O2/c12-8-4-10(6-11(5-8)16(17)18)13-7-9-2-1-3-14-15-9/h1-6,13H,7H2. The Morgan fingerprint density at radius 1 is 1.39 bits per heavy atom. The first-order valence-corrected chi connectivity index (χ1v) is 5.10. The van der Waals surface area contributed by atoms with Gasteiger partial charge in [-0.3, -0.25) is 10.1 Å². The van der Waals surface area contributed by atoms with Crippen LogP contribution in [0.5, 0.6) is 0 Å². The van der Waals surface area contributed by atoms with Gasteiger partial charge in [0.15, 0.2) is 0 Å². The summed E-state index contributed by atoms with van der Waals surface area (Å²) in [5, 5.41) is 20.9. The fourth-order valence-corrected chi connectivity index (χ4v) is 1.40. The molecule has 0 radical (unpaired) electrons. The summed E-state index contributed by atoms with van der Waals surface area (Å²) in [5.74, 6) is -0.661. The lowest BCUT2D eigenvalue weighted by Crippen LogP contribution is -2.03. The molecular formula is C11H9FN4O2. The maximum absolute atomic E-state index is 13.1. The maximum Gasteiger partial charge on any atom is 0.274 e. The molecule has 6 nitrogen and oxygen atoms in total. The maximum atomic E-state index is 13.1. The fourth-order valence-electron chi connectivity index (χ4n) is 1.40. The summed E-state index contributed by atoms with van der Waals surface area (Å²) in [5.41, 5.74) is 0.688. The van der Waals surface area contributed by atoms with Crippen LogP contribution in [0, 0.1) is 15.9 Å². The number of halogens is 1. The summed E-state index contributed by atoms with van der Waals surface area (Å²) in [6.45, 7) is 0.314. The molecule has 92 valence electrons. The van der Waals surface area contributed by atoms with E-state index in [1.807, 2.05) is 0 Å². The molecule has 0 atom stereocenters. The molecule has 2 aromatic rings. The number of hydrogen-bond acceptors (Lipinski definition) is 5. The third-order valence-electron chi connectivity index (χ3n) is 2.19. The smallest absolute Gasteiger partial charge is 0.274 e. The lowest BCUT2D eigenvalue weighted by Gasteiger charge is -2.05. The molecule has 1 aromatic heterocycles. The van der Waals surface area contributed by atoms with E-state index in [2.05, 4.69) is 15.5 Å². The van der Waals surface area contributed by atoms with Crippen molar-refractivity contribution in [3.05, 3.63) is 58.2 Å². The van der Waals surface area contributed by atoms with Gasteiger partial charge in [-0.15, -0.1) is 0 Å². The average molecular weight is 248 g/mol. The van der Waals surface area contributed by atoms with Crippen molar-refractivity contribution in [2.75, 3.05) is 5.32 Å². The number of aromatic nitrogens is 2. The minimum Gasteiger partial charge on any atom is -0.379 e. The highest BCUT2D eigenvalue weighted by Crippen LogP contribution is 2.20. The normalized spacial score (nSPS) is 10.1. The van der Waals surface area contributed by atoms with Crippen LogP contribution in [0.2, 0.25) is 0 Å². The van der Waals surface area contributed by atoms with Crippen molar-refractivity contribution in [3.8, 4) is 0 Å². The predicted molar refractivity (Wildman–Crippen MR) is 62.4 cm³/mol. The second kappa shape index (κ2) is 5.17. The van der Waals surface area contributed by atoms with Crippen LogP contribution in [0.4, 0.5) is 15.8 Å². The molecule has 0 aliphatic carbocycles. The van der Waals surface area contributed by atoms with Gasteiger partial charge >= 0.3 is 0 Å². The minimum atomic E-state index is -0.661. The van der Waals surface area contributed by atoms with Crippen LogP contribution in [-0.4, -0.2) is 15.1 Å². The van der Waals surface area contributed by atoms with Crippen LogP contribution in [0.25, 0.3) is 0 Å². The molecule has 7 heteroatoms. The van der Waals surface area contributed by atoms with E-state index in [0.717, 1.165) is 6.07 Å². The van der Waals surface area contributed by atoms with Gasteiger partial charge < -0.3 is 5.32 Å². The van der Waals surface area contributed by atoms with E-state index >= 15 is 0 Å². The molecule has 0 fully saturated rings. The molecule has 0 aliphatic heterocycles. The van der Waals surface area contributed by atoms with Crippen molar-refractivity contribution in [2.45, 2.75) is 6.54 Å². The summed E-state index contributed by atoms with van der Waals surface area (Å²) in [7, 11) is 0. The molecule has 0 bridgehead atoms. The highest BCUT2D eigenvalue weighted by molar-refractivity contribution is 5.51. The Morgan fingerprint density at radius 3 is 2.89 bits per heavy atom. The van der Waals surface area contributed by atoms with E-state index < -0.39 is 10.7 Å². The van der Waals surface area contributed by atoms with Crippen LogP contribution in [0.15, 0.2) is 36.5 Å². The van der Waals surface area contributed by atoms with E-state index in [9.17, 15) is 14.5 Å². The molecule has 1 N–H and O–H groups in total. The Balaban J connectivity index is 2.12. The molecular weight excluding hydrogens is 239 g/mol. The van der Waals surface area contributed by atoms with Gasteiger partial charge in [0, 0.05) is 18.0 Å². The minimum absolute atomic E-state index is 0.295. The van der Waals surface area contributed by atoms with Crippen molar-refractivity contribution in [2.24, 2.45) is 0 Å². The third-order valence-corrected chi connectivity index (χ3v) is 2.19. The topological polar surface area (TPSA) is 81.0 Å². The van der Waals surface area contributed by atoms with Crippen LogP contribution >= 0.6 is 0 Å². The van der Waals surface area contributed by atoms with Crippen molar-refractivity contribution in [1.82, 2.24) is 10.2 Å². The summed E-state index contributed by atoms with van der Waals surface area (Å²) >= 11 is 0. The van der Waals surface area contributed by atoms with Gasteiger partial charge in [0.05, 0.1) is 23.2 Å². The molecule has 18 heavy (non-hydrogen) atoms. The Bertz CT molecular complexity index is 562. The summed E-state index contributed by atoms with van der Waals surface area (Å²) < 4.78 is 13.1. The SMILES string of the molecule is O=[N+]([O-])c1cc(F)cc(NCc2cccnn2)c1. The van der Waals surface area contributed by atoms with Crippen molar-refractivity contribution >= 4 is 11.4 Å². The van der Waals surface area contributed by atoms with E-state index in [-0.39, 0.29) is 5.69 Å². The second-order valence-corrected chi connectivity index (χ2v) is 3.52. The van der Waals surface area contributed by atoms with E-state index in [1.165, 1.54) is 18.3 Å². The molecule has 0 saturated heterocycles. The van der Waals surface area contributed by atoms with Gasteiger partial charge in [-0.2, -0.15) is 10.2 Å². The number of nitrogens with one attached hydrogen (secondary N) is 1. The molecule has 0 amide bonds. The highest BCUT2D eigenvalue weighted by Gasteiger charge is 2.09. The zero-order valence-corrected chi connectivity index (χ0v) is 9.21. The number of rotatable bonds is 4. The lowest BCUT2D eigenvalue weighted by molar-refractivity contribution is -0.385. The Labute approximate surface area is 102 Å². The zero-order valence-electron chi connectivity index (χ0n) is 9.21. The monoisotopic (exact) mass is 248 g/mol. The Morgan fingerprint density at radius 2 is 2.22 bits per heavy atom. The summed E-state index contributed by atoms with van der Waals surface area (Å²) in [6.07, 6.45) is 1.54. The zero-order chi connectivity index (χ0) is 13.0. The van der Waals surface area contributed by atoms with E-state index in [1.54, 1.807) is 12.1 Å². The first kappa shape index (κ1) is 11.9. The molecule has 1 aromatic carbocycles.